The standard InChI is InChI=1S/C8H17.Mo.H3O2PS2/c1-3-5-7-8-6-4-2;;1-3(2,4)5/h1,3-8H2,2H3;;(H3,1,2,4,5)/q;+3;/p-3. The summed E-state index contributed by atoms with van der Waals surface area (Å²) in [6.07, 6.45) is 8.62. The molecule has 0 saturated carbocycles. The van der Waals surface area contributed by atoms with Crippen LogP contribution in [0, 0.1) is 0 Å². The van der Waals surface area contributed by atoms with E-state index in [0.29, 0.717) is 0 Å². The van der Waals surface area contributed by atoms with E-state index in [9.17, 15) is 9.79 Å². The first-order valence-corrected chi connectivity index (χ1v) is 9.80. The van der Waals surface area contributed by atoms with Crippen LogP contribution in [0.3, 0.4) is 0 Å². The molecule has 0 aliphatic heterocycles. The summed E-state index contributed by atoms with van der Waals surface area (Å²) in [4.78, 5) is 20.0. The second-order valence-corrected chi connectivity index (χ2v) is 8.39. The second kappa shape index (κ2) is 12.7. The molecule has 0 fully saturated rings. The molecule has 0 amide bonds. The maximum absolute atomic E-state index is 9.29. The van der Waals surface area contributed by atoms with Gasteiger partial charge >= 0.3 is 70.1 Å². The van der Waals surface area contributed by atoms with Gasteiger partial charge in [-0.2, -0.15) is 11.8 Å². The maximum Gasteiger partial charge on any atom is -0.160 e. The Balaban J connectivity index is 0. The van der Waals surface area contributed by atoms with Crippen molar-refractivity contribution in [2.24, 2.45) is 0 Å². The molecule has 0 aromatic rings. The molecule has 0 spiro atoms. The SMILES string of the molecule is CCCCCCC[CH2][Mo+3].[O-]P([O-])(=S)[S-]. The minimum Gasteiger partial charge on any atom is -0.850 e. The average Bonchev–Trinajstić information content (AvgIpc) is 2.01. The summed E-state index contributed by atoms with van der Waals surface area (Å²) in [7, 11) is 0. The molecule has 0 radical (unpaired) electrons. The quantitative estimate of drug-likeness (QED) is 0.321. The van der Waals surface area contributed by atoms with Gasteiger partial charge in [0, 0.05) is 0 Å². The monoisotopic (exact) mass is 338 g/mol. The maximum atomic E-state index is 9.29. The van der Waals surface area contributed by atoms with Gasteiger partial charge in [-0.3, -0.25) is 0 Å². The number of rotatable bonds is 6. The van der Waals surface area contributed by atoms with E-state index in [4.69, 9.17) is 0 Å². The summed E-state index contributed by atoms with van der Waals surface area (Å²) in [6.45, 7) is 2.26. The van der Waals surface area contributed by atoms with Crippen LogP contribution in [0.15, 0.2) is 0 Å². The summed E-state index contributed by atoms with van der Waals surface area (Å²) in [5, 5.41) is 0. The van der Waals surface area contributed by atoms with E-state index in [1.807, 2.05) is 0 Å². The molecule has 0 unspecified atom stereocenters. The van der Waals surface area contributed by atoms with E-state index in [0.717, 1.165) is 0 Å². The van der Waals surface area contributed by atoms with Gasteiger partial charge in [-0.15, -0.1) is 0 Å². The molecule has 0 bridgehead atoms. The van der Waals surface area contributed by atoms with E-state index in [1.54, 1.807) is 0 Å². The molecule has 14 heavy (non-hydrogen) atoms. The average molecular weight is 336 g/mol. The van der Waals surface area contributed by atoms with Crippen molar-refractivity contribution in [1.82, 2.24) is 0 Å². The molecular weight excluding hydrogens is 319 g/mol. The predicted molar refractivity (Wildman–Crippen MR) is 59.8 cm³/mol. The van der Waals surface area contributed by atoms with E-state index in [-0.39, 0.29) is 0 Å². The zero-order valence-electron chi connectivity index (χ0n) is 8.44. The van der Waals surface area contributed by atoms with Crippen LogP contribution in [0.25, 0.3) is 0 Å². The summed E-state index contributed by atoms with van der Waals surface area (Å²) in [5.41, 5.74) is -3.72. The summed E-state index contributed by atoms with van der Waals surface area (Å²) in [5.74, 6) is 0. The van der Waals surface area contributed by atoms with Gasteiger partial charge in [0.25, 0.3) is 0 Å². The molecule has 6 heteroatoms. The number of unbranched alkanes of at least 4 members (excludes halogenated alkanes) is 5. The zero-order valence-corrected chi connectivity index (χ0v) is 13.0. The zero-order chi connectivity index (χ0) is 11.4. The molecule has 0 aromatic heterocycles. The van der Waals surface area contributed by atoms with Crippen molar-refractivity contribution in [3.63, 3.8) is 0 Å². The minimum absolute atomic E-state index is 1.37. The Hall–Kier alpha value is 1.61. The second-order valence-electron chi connectivity index (χ2n) is 2.92. The molecule has 84 valence electrons. The van der Waals surface area contributed by atoms with Crippen molar-refractivity contribution in [3.8, 4) is 0 Å². The van der Waals surface area contributed by atoms with Crippen molar-refractivity contribution in [2.45, 2.75) is 50.3 Å². The van der Waals surface area contributed by atoms with Crippen LogP contribution in [-0.4, -0.2) is 0 Å². The Morgan fingerprint density at radius 2 is 1.50 bits per heavy atom. The van der Waals surface area contributed by atoms with Crippen molar-refractivity contribution < 1.29 is 29.6 Å². The van der Waals surface area contributed by atoms with Crippen LogP contribution in [-0.2, 0) is 43.9 Å². The summed E-state index contributed by atoms with van der Waals surface area (Å²) in [6, 6.07) is 0. The topological polar surface area (TPSA) is 46.1 Å². The van der Waals surface area contributed by atoms with Crippen LogP contribution in [0.5, 0.6) is 0 Å². The summed E-state index contributed by atoms with van der Waals surface area (Å²) >= 11 is 9.48. The Labute approximate surface area is 109 Å². The van der Waals surface area contributed by atoms with Gasteiger partial charge in [-0.05, 0) is 0 Å². The van der Waals surface area contributed by atoms with Gasteiger partial charge in [-0.25, -0.2) is 0 Å². The van der Waals surface area contributed by atoms with E-state index < -0.39 is 5.69 Å². The van der Waals surface area contributed by atoms with Crippen LogP contribution >= 0.6 is 5.69 Å². The molecule has 0 aromatic carbocycles. The van der Waals surface area contributed by atoms with Crippen LogP contribution in [0.4, 0.5) is 0 Å². The Kier molecular flexibility index (Phi) is 16.3. The minimum atomic E-state index is -3.72. The fourth-order valence-corrected chi connectivity index (χ4v) is 1.38. The van der Waals surface area contributed by atoms with Crippen molar-refractivity contribution in [2.75, 3.05) is 0 Å². The number of hydrogen-bond donors (Lipinski definition) is 0. The van der Waals surface area contributed by atoms with Gasteiger partial charge in [0.1, 0.15) is 0 Å². The first-order valence-electron chi connectivity index (χ1n) is 4.73. The van der Waals surface area contributed by atoms with Gasteiger partial charge < -0.3 is 27.7 Å². The van der Waals surface area contributed by atoms with E-state index in [2.05, 4.69) is 50.8 Å². The molecular formula is C8H17MoO2PS2. The molecule has 2 nitrogen and oxygen atoms in total. The predicted octanol–water partition coefficient (Wildman–Crippen LogP) is 1.79. The first-order chi connectivity index (χ1) is 6.41. The molecule has 0 saturated heterocycles. The Morgan fingerprint density at radius 1 is 1.14 bits per heavy atom. The van der Waals surface area contributed by atoms with Crippen molar-refractivity contribution in [3.05, 3.63) is 0 Å². The Morgan fingerprint density at radius 3 is 1.86 bits per heavy atom. The van der Waals surface area contributed by atoms with Crippen molar-refractivity contribution >= 4 is 29.7 Å². The molecule has 0 aliphatic carbocycles. The van der Waals surface area contributed by atoms with Crippen LogP contribution in [0.2, 0.25) is 4.81 Å². The third-order valence-corrected chi connectivity index (χ3v) is 2.21. The van der Waals surface area contributed by atoms with Gasteiger partial charge in [0.2, 0.25) is 0 Å². The fourth-order valence-electron chi connectivity index (χ4n) is 0.882. The smallest absolute Gasteiger partial charge is 0.160 e. The number of hydrogen-bond acceptors (Lipinski definition) is 4. The first kappa shape index (κ1) is 18.0. The van der Waals surface area contributed by atoms with Gasteiger partial charge in [0.05, 0.1) is 0 Å². The third kappa shape index (κ3) is 37.4. The van der Waals surface area contributed by atoms with E-state index >= 15 is 0 Å². The Bertz CT molecular complexity index is 138. The molecule has 0 N–H and O–H groups in total. The molecule has 0 atom stereocenters. The van der Waals surface area contributed by atoms with Gasteiger partial charge in [-0.1, -0.05) is 0 Å². The molecule has 0 aliphatic rings. The molecule has 0 rings (SSSR count). The van der Waals surface area contributed by atoms with Crippen LogP contribution in [0.1, 0.15) is 45.4 Å². The largest absolute Gasteiger partial charge is 0.850 e. The van der Waals surface area contributed by atoms with Crippen LogP contribution < -0.4 is 9.79 Å². The fraction of sp³-hybridized carbons (Fsp3) is 1.00. The van der Waals surface area contributed by atoms with E-state index in [1.165, 1.54) is 43.3 Å². The van der Waals surface area contributed by atoms with Gasteiger partial charge in [0.15, 0.2) is 0 Å². The van der Waals surface area contributed by atoms with Crippen molar-refractivity contribution in [1.29, 1.82) is 0 Å². The normalized spacial score (nSPS) is 10.5. The third-order valence-electron chi connectivity index (χ3n) is 1.50. The summed E-state index contributed by atoms with van der Waals surface area (Å²) < 4.78 is 0. The molecule has 0 heterocycles.